The first-order chi connectivity index (χ1) is 10.6. The Bertz CT molecular complexity index is 706. The maximum Gasteiger partial charge on any atom is 0.339 e. The van der Waals surface area contributed by atoms with E-state index in [1.165, 1.54) is 13.2 Å². The third kappa shape index (κ3) is 3.96. The Morgan fingerprint density at radius 2 is 1.77 bits per heavy atom. The number of amides is 1. The molecule has 2 rings (SSSR count). The molecule has 5 nitrogen and oxygen atoms in total. The third-order valence-corrected chi connectivity index (χ3v) is 2.95. The number of nitrogens with two attached hydrogens (primary N) is 1. The number of esters is 1. The highest BCUT2D eigenvalue weighted by Crippen LogP contribution is 2.16. The Morgan fingerprint density at radius 1 is 1.09 bits per heavy atom. The van der Waals surface area contributed by atoms with Crippen molar-refractivity contribution >= 4 is 29.3 Å². The van der Waals surface area contributed by atoms with Crippen molar-refractivity contribution in [3.63, 3.8) is 0 Å². The zero-order valence-electron chi connectivity index (χ0n) is 12.1. The van der Waals surface area contributed by atoms with E-state index in [1.54, 1.807) is 42.5 Å². The lowest BCUT2D eigenvalue weighted by molar-refractivity contribution is -0.111. The van der Waals surface area contributed by atoms with Crippen molar-refractivity contribution in [1.82, 2.24) is 0 Å². The number of nitrogen functional groups attached to an aromatic ring is 1. The number of anilines is 2. The monoisotopic (exact) mass is 296 g/mol. The zero-order chi connectivity index (χ0) is 15.9. The molecule has 1 amide bonds. The summed E-state index contributed by atoms with van der Waals surface area (Å²) in [6.45, 7) is 0. The molecular formula is C17H16N2O3. The van der Waals surface area contributed by atoms with Crippen molar-refractivity contribution in [1.29, 1.82) is 0 Å². The molecule has 0 unspecified atom stereocenters. The van der Waals surface area contributed by atoms with Gasteiger partial charge in [-0.05, 0) is 35.9 Å². The van der Waals surface area contributed by atoms with Crippen molar-refractivity contribution < 1.29 is 14.3 Å². The zero-order valence-corrected chi connectivity index (χ0v) is 12.1. The van der Waals surface area contributed by atoms with Gasteiger partial charge >= 0.3 is 5.97 Å². The molecule has 0 heterocycles. The summed E-state index contributed by atoms with van der Waals surface area (Å²) in [5.41, 5.74) is 7.82. The summed E-state index contributed by atoms with van der Waals surface area (Å²) in [5.74, 6) is -0.841. The van der Waals surface area contributed by atoms with Gasteiger partial charge in [-0.15, -0.1) is 0 Å². The lowest BCUT2D eigenvalue weighted by atomic mass is 10.1. The van der Waals surface area contributed by atoms with E-state index in [1.807, 2.05) is 12.1 Å². The number of para-hydroxylation sites is 1. The molecule has 2 aromatic carbocycles. The molecular weight excluding hydrogens is 280 g/mol. The number of benzene rings is 2. The number of methoxy groups -OCH3 is 1. The van der Waals surface area contributed by atoms with E-state index in [-0.39, 0.29) is 5.91 Å². The lowest BCUT2D eigenvalue weighted by Crippen LogP contribution is -2.12. The number of carbonyl (C=O) groups excluding carboxylic acids is 2. The molecule has 0 bridgehead atoms. The van der Waals surface area contributed by atoms with Crippen LogP contribution in [0.15, 0.2) is 54.6 Å². The van der Waals surface area contributed by atoms with Crippen LogP contribution < -0.4 is 11.1 Å². The predicted molar refractivity (Wildman–Crippen MR) is 86.3 cm³/mol. The normalized spacial score (nSPS) is 10.4. The van der Waals surface area contributed by atoms with E-state index >= 15 is 0 Å². The fourth-order valence-corrected chi connectivity index (χ4v) is 1.83. The molecule has 3 N–H and O–H groups in total. The summed E-state index contributed by atoms with van der Waals surface area (Å²) in [5, 5.41) is 2.66. The second-order valence-corrected chi connectivity index (χ2v) is 4.53. The Hall–Kier alpha value is -3.08. The van der Waals surface area contributed by atoms with Crippen LogP contribution in [0.2, 0.25) is 0 Å². The lowest BCUT2D eigenvalue weighted by Gasteiger charge is -2.07. The minimum atomic E-state index is -0.501. The summed E-state index contributed by atoms with van der Waals surface area (Å²) < 4.78 is 4.68. The largest absolute Gasteiger partial charge is 0.465 e. The summed E-state index contributed by atoms with van der Waals surface area (Å²) >= 11 is 0. The summed E-state index contributed by atoms with van der Waals surface area (Å²) in [6.07, 6.45) is 3.05. The van der Waals surface area contributed by atoms with Crippen molar-refractivity contribution in [2.45, 2.75) is 0 Å². The number of hydrogen-bond acceptors (Lipinski definition) is 4. The van der Waals surface area contributed by atoms with Crippen LogP contribution in [0.1, 0.15) is 15.9 Å². The molecule has 112 valence electrons. The van der Waals surface area contributed by atoms with Gasteiger partial charge in [0.05, 0.1) is 18.4 Å². The van der Waals surface area contributed by atoms with Crippen LogP contribution >= 0.6 is 0 Å². The molecule has 0 saturated carbocycles. The third-order valence-electron chi connectivity index (χ3n) is 2.95. The average Bonchev–Trinajstić information content (AvgIpc) is 2.54. The number of carbonyl (C=O) groups is 2. The van der Waals surface area contributed by atoms with Crippen molar-refractivity contribution in [3.8, 4) is 0 Å². The highest BCUT2D eigenvalue weighted by molar-refractivity contribution is 6.06. The van der Waals surface area contributed by atoms with Crippen LogP contribution in [0.5, 0.6) is 0 Å². The van der Waals surface area contributed by atoms with Gasteiger partial charge in [-0.1, -0.05) is 24.3 Å². The summed E-state index contributed by atoms with van der Waals surface area (Å²) in [6, 6.07) is 13.8. The second-order valence-electron chi connectivity index (χ2n) is 4.53. The van der Waals surface area contributed by atoms with E-state index < -0.39 is 5.97 Å². The summed E-state index contributed by atoms with van der Waals surface area (Å²) in [4.78, 5) is 23.6. The van der Waals surface area contributed by atoms with Gasteiger partial charge in [0.25, 0.3) is 0 Å². The van der Waals surface area contributed by atoms with Gasteiger partial charge in [0, 0.05) is 11.8 Å². The first-order valence-corrected chi connectivity index (χ1v) is 6.62. The smallest absolute Gasteiger partial charge is 0.339 e. The number of ether oxygens (including phenoxy) is 1. The Morgan fingerprint density at radius 3 is 2.45 bits per heavy atom. The maximum atomic E-state index is 11.9. The standard InChI is InChI=1S/C17H16N2O3/c1-22-17(21)14-4-2-3-5-15(14)19-16(20)11-8-12-6-9-13(18)10-7-12/h2-11H,18H2,1H3,(H,19,20)/b11-8+. The fraction of sp³-hybridized carbons (Fsp3) is 0.0588. The number of rotatable bonds is 4. The second kappa shape index (κ2) is 7.08. The van der Waals surface area contributed by atoms with Crippen LogP contribution in [0, 0.1) is 0 Å². The molecule has 0 aromatic heterocycles. The van der Waals surface area contributed by atoms with Crippen molar-refractivity contribution in [2.75, 3.05) is 18.2 Å². The van der Waals surface area contributed by atoms with E-state index in [0.29, 0.717) is 16.9 Å². The number of hydrogen-bond donors (Lipinski definition) is 2. The Labute approximate surface area is 128 Å². The van der Waals surface area contributed by atoms with Gasteiger partial charge in [-0.3, -0.25) is 4.79 Å². The highest BCUT2D eigenvalue weighted by atomic mass is 16.5. The molecule has 0 aliphatic heterocycles. The van der Waals surface area contributed by atoms with Crippen LogP contribution in [-0.4, -0.2) is 19.0 Å². The average molecular weight is 296 g/mol. The Kier molecular flexibility index (Phi) is 4.93. The maximum absolute atomic E-state index is 11.9. The molecule has 0 fully saturated rings. The molecule has 0 radical (unpaired) electrons. The topological polar surface area (TPSA) is 81.4 Å². The molecule has 0 spiro atoms. The van der Waals surface area contributed by atoms with Gasteiger partial charge < -0.3 is 15.8 Å². The molecule has 0 aliphatic rings. The van der Waals surface area contributed by atoms with Gasteiger partial charge in [0.15, 0.2) is 0 Å². The van der Waals surface area contributed by atoms with Crippen LogP contribution in [0.4, 0.5) is 11.4 Å². The summed E-state index contributed by atoms with van der Waals surface area (Å²) in [7, 11) is 1.29. The first-order valence-electron chi connectivity index (χ1n) is 6.62. The fourth-order valence-electron chi connectivity index (χ4n) is 1.83. The van der Waals surface area contributed by atoms with E-state index in [2.05, 4.69) is 10.1 Å². The van der Waals surface area contributed by atoms with Crippen LogP contribution in [-0.2, 0) is 9.53 Å². The molecule has 0 aliphatic carbocycles. The van der Waals surface area contributed by atoms with E-state index in [0.717, 1.165) is 5.56 Å². The van der Waals surface area contributed by atoms with E-state index in [4.69, 9.17) is 5.73 Å². The molecule has 0 atom stereocenters. The minimum Gasteiger partial charge on any atom is -0.465 e. The van der Waals surface area contributed by atoms with Crippen molar-refractivity contribution in [2.24, 2.45) is 0 Å². The van der Waals surface area contributed by atoms with E-state index in [9.17, 15) is 9.59 Å². The molecule has 0 saturated heterocycles. The Balaban J connectivity index is 2.09. The van der Waals surface area contributed by atoms with Crippen molar-refractivity contribution in [3.05, 3.63) is 65.7 Å². The number of nitrogens with one attached hydrogen (secondary N) is 1. The first kappa shape index (κ1) is 15.3. The van der Waals surface area contributed by atoms with Gasteiger partial charge in [-0.2, -0.15) is 0 Å². The molecule has 2 aromatic rings. The van der Waals surface area contributed by atoms with Gasteiger partial charge in [0.2, 0.25) is 5.91 Å². The minimum absolute atomic E-state index is 0.305. The molecule has 22 heavy (non-hydrogen) atoms. The molecule has 5 heteroatoms. The van der Waals surface area contributed by atoms with Gasteiger partial charge in [0.1, 0.15) is 0 Å². The quantitative estimate of drug-likeness (QED) is 0.516. The predicted octanol–water partition coefficient (Wildman–Crippen LogP) is 2.71. The van der Waals surface area contributed by atoms with Crippen LogP contribution in [0.3, 0.4) is 0 Å². The SMILES string of the molecule is COC(=O)c1ccccc1NC(=O)/C=C/c1ccc(N)cc1. The highest BCUT2D eigenvalue weighted by Gasteiger charge is 2.11. The van der Waals surface area contributed by atoms with Gasteiger partial charge in [-0.25, -0.2) is 4.79 Å². The van der Waals surface area contributed by atoms with Crippen LogP contribution in [0.25, 0.3) is 6.08 Å².